The molecule has 7 heteroatoms. The summed E-state index contributed by atoms with van der Waals surface area (Å²) in [4.78, 5) is 27.5. The normalized spacial score (nSPS) is 13.0. The number of ether oxygens (including phenoxy) is 1. The van der Waals surface area contributed by atoms with Gasteiger partial charge in [-0.2, -0.15) is 0 Å². The molecule has 3 aromatic rings. The minimum absolute atomic E-state index is 0.0190. The molecule has 33 heavy (non-hydrogen) atoms. The van der Waals surface area contributed by atoms with E-state index < -0.39 is 5.97 Å². The van der Waals surface area contributed by atoms with Crippen LogP contribution in [0.15, 0.2) is 41.8 Å². The largest absolute Gasteiger partial charge is 0.496 e. The molecular weight excluding hydrogens is 436 g/mol. The van der Waals surface area contributed by atoms with Crippen molar-refractivity contribution in [3.63, 3.8) is 0 Å². The molecule has 1 aliphatic rings. The second-order valence-electron chi connectivity index (χ2n) is 9.13. The van der Waals surface area contributed by atoms with Crippen LogP contribution < -0.4 is 4.74 Å². The Morgan fingerprint density at radius 1 is 1.21 bits per heavy atom. The summed E-state index contributed by atoms with van der Waals surface area (Å²) in [7, 11) is 3.42. The summed E-state index contributed by atoms with van der Waals surface area (Å²) in [5, 5.41) is 11.1. The smallest absolute Gasteiger partial charge is 0.328 e. The Morgan fingerprint density at radius 3 is 2.58 bits per heavy atom. The van der Waals surface area contributed by atoms with Crippen LogP contribution in [0.5, 0.6) is 5.75 Å². The van der Waals surface area contributed by atoms with Crippen LogP contribution >= 0.6 is 11.3 Å². The molecule has 0 atom stereocenters. The molecule has 1 aromatic carbocycles. The third kappa shape index (κ3) is 4.20. The zero-order chi connectivity index (χ0) is 23.9. The Bertz CT molecular complexity index is 1250. The number of aliphatic carboxylic acids is 1. The SMILES string of the molecule is COc1cc2c(cc1/C=C/C(=O)O)-c1c(-c3cccs3)cc(C(=O)N(C)C(C)(C)C)n1CC2. The number of aromatic nitrogens is 1. The molecule has 0 unspecified atom stereocenters. The number of carboxylic acid groups (broad SMARTS) is 1. The number of fused-ring (bicyclic) bond motifs is 3. The number of methoxy groups -OCH3 is 1. The van der Waals surface area contributed by atoms with Crippen molar-refractivity contribution in [1.82, 2.24) is 9.47 Å². The van der Waals surface area contributed by atoms with E-state index in [9.17, 15) is 9.59 Å². The van der Waals surface area contributed by atoms with Gasteiger partial charge in [0.15, 0.2) is 0 Å². The number of hydrogen-bond donors (Lipinski definition) is 1. The van der Waals surface area contributed by atoms with Crippen LogP contribution in [-0.4, -0.2) is 46.1 Å². The van der Waals surface area contributed by atoms with Gasteiger partial charge in [0.05, 0.1) is 12.8 Å². The topological polar surface area (TPSA) is 71.8 Å². The van der Waals surface area contributed by atoms with Crippen molar-refractivity contribution in [3.05, 3.63) is 58.6 Å². The molecule has 6 nitrogen and oxygen atoms in total. The number of benzene rings is 1. The maximum atomic E-state index is 13.5. The molecule has 4 rings (SSSR count). The van der Waals surface area contributed by atoms with Gasteiger partial charge < -0.3 is 19.3 Å². The number of aryl methyl sites for hydroxylation is 1. The summed E-state index contributed by atoms with van der Waals surface area (Å²) in [6.45, 7) is 6.75. The summed E-state index contributed by atoms with van der Waals surface area (Å²) in [6, 6.07) is 10.0. The number of rotatable bonds is 5. The monoisotopic (exact) mass is 464 g/mol. The quantitative estimate of drug-likeness (QED) is 0.512. The van der Waals surface area contributed by atoms with Gasteiger partial charge in [-0.25, -0.2) is 4.79 Å². The van der Waals surface area contributed by atoms with Crippen LogP contribution in [0.3, 0.4) is 0 Å². The predicted octanol–water partition coefficient (Wildman–Crippen LogP) is 5.42. The molecule has 1 aliphatic heterocycles. The molecule has 0 spiro atoms. The van der Waals surface area contributed by atoms with Crippen LogP contribution in [0.25, 0.3) is 27.8 Å². The molecule has 0 radical (unpaired) electrons. The summed E-state index contributed by atoms with van der Waals surface area (Å²) in [5.74, 6) is -0.405. The molecule has 0 saturated carbocycles. The Kier molecular flexibility index (Phi) is 5.93. The van der Waals surface area contributed by atoms with E-state index in [2.05, 4.69) is 10.6 Å². The highest BCUT2D eigenvalue weighted by Crippen LogP contribution is 2.44. The molecule has 0 aliphatic carbocycles. The lowest BCUT2D eigenvalue weighted by molar-refractivity contribution is -0.131. The van der Waals surface area contributed by atoms with E-state index in [4.69, 9.17) is 9.84 Å². The summed E-state index contributed by atoms with van der Waals surface area (Å²) in [6.07, 6.45) is 3.41. The van der Waals surface area contributed by atoms with Crippen LogP contribution in [0.1, 0.15) is 42.4 Å². The first kappa shape index (κ1) is 22.9. The molecule has 1 amide bonds. The highest BCUT2D eigenvalue weighted by atomic mass is 32.1. The Hall–Kier alpha value is -3.32. The minimum Gasteiger partial charge on any atom is -0.496 e. The first-order valence-corrected chi connectivity index (χ1v) is 11.7. The van der Waals surface area contributed by atoms with Crippen molar-refractivity contribution >= 4 is 29.3 Å². The van der Waals surface area contributed by atoms with Gasteiger partial charge in [-0.05, 0) is 68.5 Å². The fourth-order valence-electron chi connectivity index (χ4n) is 4.11. The third-order valence-electron chi connectivity index (χ3n) is 6.13. The van der Waals surface area contributed by atoms with Gasteiger partial charge in [0.2, 0.25) is 0 Å². The van der Waals surface area contributed by atoms with Crippen molar-refractivity contribution in [1.29, 1.82) is 0 Å². The molecule has 172 valence electrons. The average Bonchev–Trinajstić information content (AvgIpc) is 3.43. The van der Waals surface area contributed by atoms with Gasteiger partial charge in [0.1, 0.15) is 11.4 Å². The second-order valence-corrected chi connectivity index (χ2v) is 10.1. The fourth-order valence-corrected chi connectivity index (χ4v) is 4.85. The van der Waals surface area contributed by atoms with Crippen molar-refractivity contribution in [2.45, 2.75) is 39.3 Å². The van der Waals surface area contributed by atoms with Crippen molar-refractivity contribution < 1.29 is 19.4 Å². The summed E-state index contributed by atoms with van der Waals surface area (Å²) in [5.41, 5.74) is 5.14. The van der Waals surface area contributed by atoms with Gasteiger partial charge in [0.25, 0.3) is 5.91 Å². The van der Waals surface area contributed by atoms with Crippen molar-refractivity contribution in [2.75, 3.05) is 14.2 Å². The van der Waals surface area contributed by atoms with Gasteiger partial charge in [-0.3, -0.25) is 4.79 Å². The van der Waals surface area contributed by atoms with E-state index >= 15 is 0 Å². The van der Waals surface area contributed by atoms with Gasteiger partial charge in [-0.15, -0.1) is 11.3 Å². The van der Waals surface area contributed by atoms with Gasteiger partial charge in [0, 0.05) is 46.8 Å². The van der Waals surface area contributed by atoms with Crippen LogP contribution in [0.2, 0.25) is 0 Å². The number of carbonyl (C=O) groups is 2. The highest BCUT2D eigenvalue weighted by molar-refractivity contribution is 7.13. The highest BCUT2D eigenvalue weighted by Gasteiger charge is 2.31. The van der Waals surface area contributed by atoms with E-state index in [1.807, 2.05) is 57.5 Å². The molecule has 3 heterocycles. The Balaban J connectivity index is 1.95. The van der Waals surface area contributed by atoms with Crippen molar-refractivity contribution in [2.24, 2.45) is 0 Å². The van der Waals surface area contributed by atoms with Crippen LogP contribution in [0.4, 0.5) is 0 Å². The van der Waals surface area contributed by atoms with E-state index in [0.717, 1.165) is 39.8 Å². The molecular formula is C26H28N2O4S. The Labute approximate surface area is 197 Å². The van der Waals surface area contributed by atoms with E-state index in [0.29, 0.717) is 23.6 Å². The number of carboxylic acids is 1. The number of carbonyl (C=O) groups excluding carboxylic acids is 1. The zero-order valence-electron chi connectivity index (χ0n) is 19.5. The van der Waals surface area contributed by atoms with Crippen LogP contribution in [0, 0.1) is 0 Å². The minimum atomic E-state index is -1.02. The first-order valence-electron chi connectivity index (χ1n) is 10.8. The zero-order valence-corrected chi connectivity index (χ0v) is 20.3. The molecule has 1 N–H and O–H groups in total. The van der Waals surface area contributed by atoms with Crippen LogP contribution in [-0.2, 0) is 17.8 Å². The summed E-state index contributed by atoms with van der Waals surface area (Å²) < 4.78 is 7.65. The molecule has 2 aromatic heterocycles. The lowest BCUT2D eigenvalue weighted by atomic mass is 9.93. The van der Waals surface area contributed by atoms with E-state index in [1.165, 1.54) is 0 Å². The number of thiophene rings is 1. The maximum Gasteiger partial charge on any atom is 0.328 e. The Morgan fingerprint density at radius 2 is 1.97 bits per heavy atom. The average molecular weight is 465 g/mol. The van der Waals surface area contributed by atoms with E-state index in [1.54, 1.807) is 29.4 Å². The standard InChI is InChI=1S/C26H28N2O4S/c1-26(2,3)27(4)25(31)20-15-19(22-7-6-12-33-22)24-18-13-17(8-9-23(29)30)21(32-5)14-16(18)10-11-28(20)24/h6-9,12-15H,10-11H2,1-5H3,(H,29,30)/b9-8+. The van der Waals surface area contributed by atoms with Gasteiger partial charge in [-0.1, -0.05) is 6.07 Å². The second kappa shape index (κ2) is 8.56. The fraction of sp³-hybridized carbons (Fsp3) is 0.308. The molecule has 0 saturated heterocycles. The van der Waals surface area contributed by atoms with Gasteiger partial charge >= 0.3 is 5.97 Å². The maximum absolute atomic E-state index is 13.5. The van der Waals surface area contributed by atoms with E-state index in [-0.39, 0.29) is 11.4 Å². The van der Waals surface area contributed by atoms with Crippen molar-refractivity contribution in [3.8, 4) is 27.4 Å². The third-order valence-corrected chi connectivity index (χ3v) is 7.04. The predicted molar refractivity (Wildman–Crippen MR) is 132 cm³/mol. The number of nitrogens with zero attached hydrogens (tertiary/aromatic N) is 2. The lowest BCUT2D eigenvalue weighted by Gasteiger charge is -2.32. The molecule has 0 bridgehead atoms. The lowest BCUT2D eigenvalue weighted by Crippen LogP contribution is -2.43. The molecule has 0 fully saturated rings. The number of amides is 1. The number of hydrogen-bond acceptors (Lipinski definition) is 4. The summed E-state index contributed by atoms with van der Waals surface area (Å²) >= 11 is 1.63. The first-order chi connectivity index (χ1) is 15.6.